The number of nitrogens with zero attached hydrogens (tertiary/aromatic N) is 6. The van der Waals surface area contributed by atoms with Crippen molar-refractivity contribution in [1.29, 1.82) is 0 Å². The molecule has 0 atom stereocenters. The maximum atomic E-state index is 10.8. The highest BCUT2D eigenvalue weighted by Gasteiger charge is 2.53. The quantitative estimate of drug-likeness (QED) is 0.121. The number of anilines is 6. The van der Waals surface area contributed by atoms with E-state index in [-0.39, 0.29) is 91.0 Å². The highest BCUT2D eigenvalue weighted by molar-refractivity contribution is 7.00. The van der Waals surface area contributed by atoms with E-state index < -0.39 is 65.9 Å². The molecule has 0 bridgehead atoms. The summed E-state index contributed by atoms with van der Waals surface area (Å²) in [5, 5.41) is 8.56. The van der Waals surface area contributed by atoms with E-state index in [0.717, 1.165) is 204 Å². The molecular weight excluding hydrogens is 1810 g/mol. The Labute approximate surface area is 886 Å². The Morgan fingerprint density at radius 3 is 1.01 bits per heavy atom. The molecular formula is C143H91BN6. The van der Waals surface area contributed by atoms with Gasteiger partial charge < -0.3 is 27.7 Å². The zero-order chi connectivity index (χ0) is 111. The van der Waals surface area contributed by atoms with E-state index in [2.05, 4.69) is 367 Å². The zero-order valence-corrected chi connectivity index (χ0v) is 81.5. The maximum absolute atomic E-state index is 10.8. The average Bonchev–Trinajstić information content (AvgIpc) is 1.25. The van der Waals surface area contributed by atoms with Crippen LogP contribution in [-0.2, 0) is 10.8 Å². The van der Waals surface area contributed by atoms with E-state index in [1.54, 1.807) is 33.4 Å². The molecule has 0 saturated carbocycles. The van der Waals surface area contributed by atoms with E-state index in [1.807, 2.05) is 60.7 Å². The Morgan fingerprint density at radius 1 is 0.227 bits per heavy atom. The second-order valence-electron chi connectivity index (χ2n) is 41.6. The minimum absolute atomic E-state index is 0.00221. The molecule has 6 aromatic heterocycles. The molecule has 29 aromatic rings. The molecule has 2 aliphatic heterocycles. The smallest absolute Gasteiger partial charge is 0.252 e. The lowest BCUT2D eigenvalue weighted by molar-refractivity contribution is 0.591. The third-order valence-corrected chi connectivity index (χ3v) is 33.0. The van der Waals surface area contributed by atoms with Crippen LogP contribution in [0.4, 0.5) is 34.1 Å². The lowest BCUT2D eigenvalue weighted by Gasteiger charge is -2.46. The highest BCUT2D eigenvalue weighted by atomic mass is 15.2. The van der Waals surface area contributed by atoms with Crippen LogP contribution in [0.25, 0.3) is 231 Å². The molecule has 0 fully saturated rings. The Kier molecular flexibility index (Phi) is 14.6. The fraction of sp³-hybridized carbons (Fsp3) is 0.0350. The largest absolute Gasteiger partial charge is 0.310 e. The van der Waals surface area contributed by atoms with Crippen LogP contribution in [0.1, 0.15) is 67.8 Å². The molecule has 1 spiro atoms. The molecule has 0 saturated heterocycles. The van der Waals surface area contributed by atoms with Crippen LogP contribution in [-0.4, -0.2) is 24.6 Å². The number of hydrogen-bond donors (Lipinski definition) is 0. The van der Waals surface area contributed by atoms with E-state index >= 15 is 0 Å². The van der Waals surface area contributed by atoms with Crippen LogP contribution in [0.15, 0.2) is 497 Å². The summed E-state index contributed by atoms with van der Waals surface area (Å²) < 4.78 is 153. The highest BCUT2D eigenvalue weighted by Crippen LogP contribution is 2.65. The van der Waals surface area contributed by atoms with E-state index in [0.29, 0.717) is 39.6 Å². The van der Waals surface area contributed by atoms with Crippen molar-refractivity contribution in [3.8, 4) is 112 Å². The average molecular weight is 1920 g/mol. The summed E-state index contributed by atoms with van der Waals surface area (Å²) in [5.41, 5.74) is 32.2. The van der Waals surface area contributed by atoms with Crippen LogP contribution in [0.5, 0.6) is 0 Å². The zero-order valence-electron chi connectivity index (χ0n) is 95.5. The van der Waals surface area contributed by atoms with Gasteiger partial charge in [-0.1, -0.05) is 378 Å². The molecule has 0 radical (unpaired) electrons. The Hall–Kier alpha value is -19.1. The van der Waals surface area contributed by atoms with Crippen LogP contribution in [0, 0.1) is 0 Å². The molecule has 23 aromatic carbocycles. The number of fused-ring (bicyclic) bond motifs is 32. The summed E-state index contributed by atoms with van der Waals surface area (Å²) in [5.74, 6) is 0. The predicted molar refractivity (Wildman–Crippen MR) is 632 cm³/mol. The van der Waals surface area contributed by atoms with Gasteiger partial charge in [0.1, 0.15) is 0 Å². The topological polar surface area (TPSA) is 25.2 Å². The Morgan fingerprint density at radius 2 is 0.587 bits per heavy atom. The van der Waals surface area contributed by atoms with Crippen LogP contribution in [0.3, 0.4) is 0 Å². The van der Waals surface area contributed by atoms with Crippen molar-refractivity contribution in [3.63, 3.8) is 0 Å². The molecule has 6 nitrogen and oxygen atoms in total. The third kappa shape index (κ3) is 11.5. The summed E-state index contributed by atoms with van der Waals surface area (Å²) in [4.78, 5) is 4.93. The lowest BCUT2D eigenvalue weighted by atomic mass is 9.33. The fourth-order valence-corrected chi connectivity index (χ4v) is 26.7. The van der Waals surface area contributed by atoms with Crippen LogP contribution < -0.4 is 26.2 Å². The van der Waals surface area contributed by atoms with E-state index in [9.17, 15) is 19.2 Å². The normalized spacial score (nSPS) is 14.6. The minimum Gasteiger partial charge on any atom is -0.310 e. The number of hydrogen-bond acceptors (Lipinski definition) is 2. The SMILES string of the molecule is [2H]c1c([2H])c([2H])c2c(c1[2H])c1c([2H])c(-c3ccccc3)c([2H])c([2H])c1n2-c1ccc2c(c1)N(c1c(-c3cc4c5ccccc5n5c6ccccc6c(c3)c45)cccc1-c1cc3c4ccccc4n4c5ccccc5c(c1)c34)c1cc(-c3ccc4c(c3)-c3ccccc3C43c4ccccc4-c4ccccc43)cc3c1B2c1ccc(-n2c4c([2H])c([2H])c([2H])c([2H])c4c4c([2H])c(-c5ccccc5)c([2H])c([2H])c42)cc1N3c1c(-c2ccccc2)cc(C(C)(C)C)cc1-c1ccccc1. The van der Waals surface area contributed by atoms with Gasteiger partial charge >= 0.3 is 0 Å². The molecule has 7 heteroatoms. The number of rotatable bonds is 11. The van der Waals surface area contributed by atoms with Gasteiger partial charge in [-0.2, -0.15) is 0 Å². The Balaban J connectivity index is 0.776. The standard InChI is InChI=1S/C143H91BN6/c1-142(2,3)96-82-110(88-39-12-6-13-40-88)139(111(83-96)89-41-14-7-15-42-89)150-134-85-98(146-126-58-29-20-47-105(126)114-75-91(65-72-132(114)146)87-37-10-5-11-38-87)67-70-124(134)144-123-69-66-97(145-125-57-28-19-46-104(125)113-74-90(64-71-131(113)145)86-35-8-4-9-36-86)84-133(123)149(135-80-93(81-136(150)137(135)144)92-63-68-122-112(73-92)103-45-18-27-56-121(103)143(122)119-54-25-16-43-101(119)102-44-17-26-55-120(102)143)138-99(94-76-115-106-48-21-30-59-127(106)147-128-60-31-22-49-107(128)116(77-94)140(115)147)52-34-53-100(138)95-78-117-108-50-23-32-61-129(108)148-130-62-33-24-51-109(130)118(79-95)141(117)148/h4-85H,1-3H3/i19D,20D,28D,29D,46D,47D,57D,58D,64D,65D,71D,72D,74D,75D. The minimum atomic E-state index is -0.890. The van der Waals surface area contributed by atoms with Gasteiger partial charge in [-0.25, -0.2) is 0 Å². The molecule has 0 unspecified atom stereocenters. The summed E-state index contributed by atoms with van der Waals surface area (Å²) in [6, 6.07) is 140. The maximum Gasteiger partial charge on any atom is 0.252 e. The molecule has 33 rings (SSSR count). The third-order valence-electron chi connectivity index (χ3n) is 33.0. The monoisotopic (exact) mass is 1920 g/mol. The van der Waals surface area contributed by atoms with Gasteiger partial charge in [0, 0.05) is 121 Å². The van der Waals surface area contributed by atoms with Gasteiger partial charge in [0.15, 0.2) is 0 Å². The van der Waals surface area contributed by atoms with Gasteiger partial charge in [-0.3, -0.25) is 0 Å². The second-order valence-corrected chi connectivity index (χ2v) is 41.6. The second kappa shape index (κ2) is 31.0. The Bertz CT molecular complexity index is 11300. The van der Waals surface area contributed by atoms with Crippen molar-refractivity contribution < 1.29 is 19.2 Å². The molecule has 2 aliphatic carbocycles. The fourth-order valence-electron chi connectivity index (χ4n) is 26.7. The van der Waals surface area contributed by atoms with Crippen LogP contribution >= 0.6 is 0 Å². The molecule has 0 N–H and O–H groups in total. The number of benzene rings is 23. The first-order valence-corrected chi connectivity index (χ1v) is 51.4. The molecule has 0 amide bonds. The van der Waals surface area contributed by atoms with Crippen LogP contribution in [0.2, 0.25) is 0 Å². The van der Waals surface area contributed by atoms with Crippen molar-refractivity contribution in [3.05, 3.63) is 525 Å². The van der Waals surface area contributed by atoms with Crippen molar-refractivity contribution >= 4 is 177 Å². The summed E-state index contributed by atoms with van der Waals surface area (Å²) in [7, 11) is 0. The first-order chi connectivity index (χ1) is 79.9. The molecule has 8 heterocycles. The van der Waals surface area contributed by atoms with Gasteiger partial charge in [0.05, 0.1) is 91.1 Å². The summed E-state index contributed by atoms with van der Waals surface area (Å²) >= 11 is 0. The first kappa shape index (κ1) is 70.6. The number of para-hydroxylation sites is 7. The van der Waals surface area contributed by atoms with Crippen molar-refractivity contribution in [1.82, 2.24) is 17.9 Å². The molecule has 4 aliphatic rings. The van der Waals surface area contributed by atoms with E-state index in [4.69, 9.17) is 0 Å². The van der Waals surface area contributed by atoms with Gasteiger partial charge in [0.2, 0.25) is 0 Å². The first-order valence-electron chi connectivity index (χ1n) is 58.4. The number of aromatic nitrogens is 4. The van der Waals surface area contributed by atoms with E-state index in [1.165, 1.54) is 11.1 Å². The predicted octanol–water partition coefficient (Wildman–Crippen LogP) is 35.6. The van der Waals surface area contributed by atoms with Crippen molar-refractivity contribution in [2.45, 2.75) is 31.6 Å². The summed E-state index contributed by atoms with van der Waals surface area (Å²) in [6.45, 7) is 5.85. The summed E-state index contributed by atoms with van der Waals surface area (Å²) in [6.07, 6.45) is 0. The van der Waals surface area contributed by atoms with Gasteiger partial charge in [0.25, 0.3) is 6.71 Å². The molecule has 150 heavy (non-hydrogen) atoms. The lowest BCUT2D eigenvalue weighted by Crippen LogP contribution is -2.61. The molecule has 696 valence electrons. The van der Waals surface area contributed by atoms with Gasteiger partial charge in [-0.15, -0.1) is 0 Å². The van der Waals surface area contributed by atoms with Gasteiger partial charge in [-0.05, 0) is 267 Å². The van der Waals surface area contributed by atoms with Crippen molar-refractivity contribution in [2.24, 2.45) is 0 Å². The van der Waals surface area contributed by atoms with Crippen molar-refractivity contribution in [2.75, 3.05) is 9.80 Å².